The van der Waals surface area contributed by atoms with Gasteiger partial charge < -0.3 is 40.7 Å². The lowest BCUT2D eigenvalue weighted by Crippen LogP contribution is -2.66. The molecule has 0 aromatic heterocycles. The second-order valence-corrected chi connectivity index (χ2v) is 6.14. The Bertz CT molecular complexity index is 396. The van der Waals surface area contributed by atoms with E-state index >= 15 is 0 Å². The SMILES string of the molecule is CCCCCCO[C@]1(C(=O)O)C[C@@H](O)[C@@H](N)C([C@H](O)[C@H](O)CO)O1. The highest BCUT2D eigenvalue weighted by Gasteiger charge is 2.54. The van der Waals surface area contributed by atoms with Gasteiger partial charge in [-0.25, -0.2) is 4.79 Å². The molecule has 1 aliphatic heterocycles. The Morgan fingerprint density at radius 2 is 2.04 bits per heavy atom. The van der Waals surface area contributed by atoms with Gasteiger partial charge in [0.25, 0.3) is 5.79 Å². The first-order valence-corrected chi connectivity index (χ1v) is 8.25. The molecule has 1 aliphatic rings. The van der Waals surface area contributed by atoms with E-state index in [2.05, 4.69) is 0 Å². The van der Waals surface area contributed by atoms with Crippen LogP contribution in [0.5, 0.6) is 0 Å². The maximum absolute atomic E-state index is 11.7. The maximum Gasteiger partial charge on any atom is 0.364 e. The fourth-order valence-corrected chi connectivity index (χ4v) is 2.66. The van der Waals surface area contributed by atoms with Gasteiger partial charge in [0.15, 0.2) is 0 Å². The molecule has 142 valence electrons. The monoisotopic (exact) mass is 351 g/mol. The highest BCUT2D eigenvalue weighted by atomic mass is 16.7. The van der Waals surface area contributed by atoms with E-state index in [9.17, 15) is 25.2 Å². The van der Waals surface area contributed by atoms with Crippen LogP contribution in [0.15, 0.2) is 0 Å². The third-order valence-electron chi connectivity index (χ3n) is 4.20. The van der Waals surface area contributed by atoms with Crippen LogP contribution in [-0.2, 0) is 14.3 Å². The predicted octanol–water partition coefficient (Wildman–Crippen LogP) is -1.44. The van der Waals surface area contributed by atoms with E-state index in [0.717, 1.165) is 19.3 Å². The zero-order valence-corrected chi connectivity index (χ0v) is 13.9. The van der Waals surface area contributed by atoms with E-state index in [1.807, 2.05) is 6.92 Å². The van der Waals surface area contributed by atoms with Crippen molar-refractivity contribution in [2.75, 3.05) is 13.2 Å². The predicted molar refractivity (Wildman–Crippen MR) is 83.0 cm³/mol. The van der Waals surface area contributed by atoms with Gasteiger partial charge in [0.1, 0.15) is 18.3 Å². The molecule has 0 bridgehead atoms. The van der Waals surface area contributed by atoms with E-state index in [4.69, 9.17) is 20.3 Å². The fourth-order valence-electron chi connectivity index (χ4n) is 2.66. The van der Waals surface area contributed by atoms with Gasteiger partial charge in [0.05, 0.1) is 25.4 Å². The van der Waals surface area contributed by atoms with Crippen LogP contribution in [0, 0.1) is 0 Å². The zero-order chi connectivity index (χ0) is 18.3. The molecular formula is C15H29NO8. The largest absolute Gasteiger partial charge is 0.477 e. The molecule has 1 saturated heterocycles. The second-order valence-electron chi connectivity index (χ2n) is 6.14. The summed E-state index contributed by atoms with van der Waals surface area (Å²) in [5.74, 6) is -3.60. The van der Waals surface area contributed by atoms with E-state index in [1.54, 1.807) is 0 Å². The molecule has 1 rings (SSSR count). The summed E-state index contributed by atoms with van der Waals surface area (Å²) in [7, 11) is 0. The van der Waals surface area contributed by atoms with E-state index in [-0.39, 0.29) is 6.61 Å². The van der Waals surface area contributed by atoms with Crippen molar-refractivity contribution >= 4 is 5.97 Å². The molecule has 0 radical (unpaired) electrons. The minimum atomic E-state index is -2.15. The highest BCUT2D eigenvalue weighted by molar-refractivity contribution is 5.76. The number of aliphatic hydroxyl groups excluding tert-OH is 4. The molecule has 7 N–H and O–H groups in total. The van der Waals surface area contributed by atoms with Crippen molar-refractivity contribution in [1.82, 2.24) is 0 Å². The van der Waals surface area contributed by atoms with Crippen LogP contribution >= 0.6 is 0 Å². The molecule has 1 unspecified atom stereocenters. The summed E-state index contributed by atoms with van der Waals surface area (Å²) < 4.78 is 10.8. The summed E-state index contributed by atoms with van der Waals surface area (Å²) in [5.41, 5.74) is 5.76. The quantitative estimate of drug-likeness (QED) is 0.259. The van der Waals surface area contributed by atoms with Crippen LogP contribution < -0.4 is 5.73 Å². The number of hydrogen-bond acceptors (Lipinski definition) is 8. The van der Waals surface area contributed by atoms with Gasteiger partial charge in [-0.2, -0.15) is 0 Å². The minimum Gasteiger partial charge on any atom is -0.477 e. The maximum atomic E-state index is 11.7. The van der Waals surface area contributed by atoms with Crippen LogP contribution in [0.1, 0.15) is 39.0 Å². The van der Waals surface area contributed by atoms with Gasteiger partial charge in [0, 0.05) is 6.42 Å². The average molecular weight is 351 g/mol. The Labute approximate surface area is 141 Å². The smallest absolute Gasteiger partial charge is 0.364 e. The molecule has 0 aromatic rings. The van der Waals surface area contributed by atoms with Gasteiger partial charge in [0.2, 0.25) is 0 Å². The molecular weight excluding hydrogens is 322 g/mol. The standard InChI is InChI=1S/C15H29NO8/c1-2-3-4-5-6-23-15(14(21)22)7-9(18)11(16)13(24-15)12(20)10(19)8-17/h9-13,17-20H,2-8,16H2,1H3,(H,21,22)/t9-,10-,11-,12-,13?,15-/m1/s1. The summed E-state index contributed by atoms with van der Waals surface area (Å²) in [6, 6.07) is -1.13. The molecule has 1 heterocycles. The van der Waals surface area contributed by atoms with Gasteiger partial charge in [-0.1, -0.05) is 26.2 Å². The fraction of sp³-hybridized carbons (Fsp3) is 0.933. The Morgan fingerprint density at radius 1 is 1.38 bits per heavy atom. The summed E-state index contributed by atoms with van der Waals surface area (Å²) >= 11 is 0. The summed E-state index contributed by atoms with van der Waals surface area (Å²) in [6.07, 6.45) is -2.85. The van der Waals surface area contributed by atoms with Crippen LogP contribution in [-0.4, -0.2) is 81.0 Å². The lowest BCUT2D eigenvalue weighted by Gasteiger charge is -2.45. The Balaban J connectivity index is 2.85. The molecule has 0 aromatic carbocycles. The Kier molecular flexibility index (Phi) is 8.51. The number of carboxylic acid groups (broad SMARTS) is 1. The second kappa shape index (κ2) is 9.62. The molecule has 6 atom stereocenters. The number of ether oxygens (including phenoxy) is 2. The van der Waals surface area contributed by atoms with Crippen LogP contribution in [0.2, 0.25) is 0 Å². The van der Waals surface area contributed by atoms with Crippen molar-refractivity contribution in [2.45, 2.75) is 75.3 Å². The number of carboxylic acids is 1. The van der Waals surface area contributed by atoms with E-state index in [0.29, 0.717) is 6.42 Å². The third-order valence-corrected chi connectivity index (χ3v) is 4.20. The van der Waals surface area contributed by atoms with Crippen molar-refractivity contribution in [3.63, 3.8) is 0 Å². The summed E-state index contributed by atoms with van der Waals surface area (Å²) in [4.78, 5) is 11.7. The first-order chi connectivity index (χ1) is 11.3. The van der Waals surface area contributed by atoms with Crippen molar-refractivity contribution in [3.8, 4) is 0 Å². The van der Waals surface area contributed by atoms with Crippen molar-refractivity contribution in [3.05, 3.63) is 0 Å². The molecule has 0 aliphatic carbocycles. The molecule has 0 saturated carbocycles. The first-order valence-electron chi connectivity index (χ1n) is 8.25. The lowest BCUT2D eigenvalue weighted by atomic mass is 9.89. The number of rotatable bonds is 10. The number of hydrogen-bond donors (Lipinski definition) is 6. The van der Waals surface area contributed by atoms with Crippen LogP contribution in [0.25, 0.3) is 0 Å². The number of unbranched alkanes of at least 4 members (excludes halogenated alkanes) is 3. The number of aliphatic hydroxyl groups is 4. The van der Waals surface area contributed by atoms with Gasteiger partial charge in [-0.3, -0.25) is 0 Å². The van der Waals surface area contributed by atoms with E-state index in [1.165, 1.54) is 0 Å². The van der Waals surface area contributed by atoms with Gasteiger partial charge >= 0.3 is 5.97 Å². The Hall–Kier alpha value is -0.810. The normalized spacial score (nSPS) is 33.2. The van der Waals surface area contributed by atoms with Crippen molar-refractivity contribution in [1.29, 1.82) is 0 Å². The van der Waals surface area contributed by atoms with Crippen molar-refractivity contribution < 1.29 is 39.8 Å². The number of nitrogens with two attached hydrogens (primary N) is 1. The Morgan fingerprint density at radius 3 is 2.58 bits per heavy atom. The number of carbonyl (C=O) groups is 1. The van der Waals surface area contributed by atoms with Crippen LogP contribution in [0.4, 0.5) is 0 Å². The number of aliphatic carboxylic acids is 1. The minimum absolute atomic E-state index is 0.111. The molecule has 9 nitrogen and oxygen atoms in total. The zero-order valence-electron chi connectivity index (χ0n) is 13.9. The molecule has 9 heteroatoms. The van der Waals surface area contributed by atoms with Crippen LogP contribution in [0.3, 0.4) is 0 Å². The summed E-state index contributed by atoms with van der Waals surface area (Å²) in [5, 5.41) is 48.1. The molecule has 0 spiro atoms. The molecule has 24 heavy (non-hydrogen) atoms. The van der Waals surface area contributed by atoms with E-state index < -0.39 is 55.2 Å². The van der Waals surface area contributed by atoms with Crippen molar-refractivity contribution in [2.24, 2.45) is 5.73 Å². The topological polar surface area (TPSA) is 163 Å². The molecule has 0 amide bonds. The summed E-state index contributed by atoms with van der Waals surface area (Å²) in [6.45, 7) is 1.39. The average Bonchev–Trinajstić information content (AvgIpc) is 2.56. The lowest BCUT2D eigenvalue weighted by molar-refractivity contribution is -0.309. The van der Waals surface area contributed by atoms with Gasteiger partial charge in [-0.15, -0.1) is 0 Å². The highest BCUT2D eigenvalue weighted by Crippen LogP contribution is 2.32. The third kappa shape index (κ3) is 5.09. The molecule has 1 fully saturated rings. The first kappa shape index (κ1) is 21.2. The van der Waals surface area contributed by atoms with Gasteiger partial charge in [-0.05, 0) is 6.42 Å².